The van der Waals surface area contributed by atoms with E-state index in [-0.39, 0.29) is 0 Å². The molecule has 6 heteroatoms. The number of unbranched alkanes of at least 4 members (excludes halogenated alkanes) is 10. The van der Waals surface area contributed by atoms with E-state index < -0.39 is 22.0 Å². The van der Waals surface area contributed by atoms with Gasteiger partial charge in [-0.25, -0.2) is 0 Å². The van der Waals surface area contributed by atoms with E-state index in [4.69, 9.17) is 4.55 Å². The molecule has 0 rings (SSSR count). The van der Waals surface area contributed by atoms with Gasteiger partial charge in [-0.1, -0.05) is 64.7 Å². The van der Waals surface area contributed by atoms with Crippen LogP contribution in [0, 0.1) is 0 Å². The second kappa shape index (κ2) is 13.1. The minimum Gasteiger partial charge on any atom is -0.386 e. The minimum absolute atomic E-state index is 0.345. The molecule has 0 bridgehead atoms. The molecule has 0 aromatic heterocycles. The predicted octanol–water partition coefficient (Wildman–Crippen LogP) is 3.62. The maximum absolute atomic E-state index is 10.8. The SMILES string of the molecule is CCCCCCCCCCCCC[N+](C)(C)CC(O)CS(=O)(=O)O. The van der Waals surface area contributed by atoms with Gasteiger partial charge in [0.25, 0.3) is 10.1 Å². The summed E-state index contributed by atoms with van der Waals surface area (Å²) in [4.78, 5) is 0. The van der Waals surface area contributed by atoms with Crippen molar-refractivity contribution in [3.63, 3.8) is 0 Å². The van der Waals surface area contributed by atoms with E-state index in [2.05, 4.69) is 6.92 Å². The van der Waals surface area contributed by atoms with Crippen LogP contribution in [0.25, 0.3) is 0 Å². The molecule has 1 unspecified atom stereocenters. The standard InChI is InChI=1S/C18H39NO4S/c1-4-5-6-7-8-9-10-11-12-13-14-15-19(2,3)16-18(20)17-24(21,22)23/h18,20H,4-17H2,1-3H3/p+1. The zero-order valence-corrected chi connectivity index (χ0v) is 16.9. The summed E-state index contributed by atoms with van der Waals surface area (Å²) in [7, 11) is -0.122. The van der Waals surface area contributed by atoms with Crippen molar-refractivity contribution in [2.45, 2.75) is 83.7 Å². The zero-order chi connectivity index (χ0) is 18.5. The number of aliphatic hydroxyl groups excluding tert-OH is 1. The van der Waals surface area contributed by atoms with Crippen LogP contribution in [0.1, 0.15) is 77.6 Å². The quantitative estimate of drug-likeness (QED) is 0.248. The van der Waals surface area contributed by atoms with Gasteiger partial charge < -0.3 is 9.59 Å². The molecule has 0 saturated heterocycles. The van der Waals surface area contributed by atoms with E-state index in [1.54, 1.807) is 0 Å². The van der Waals surface area contributed by atoms with E-state index in [0.717, 1.165) is 13.0 Å². The Bertz CT molecular complexity index is 396. The normalized spacial score (nSPS) is 14.0. The number of likely N-dealkylation sites (N-methyl/N-ethyl adjacent to an activating group) is 1. The van der Waals surface area contributed by atoms with Crippen molar-refractivity contribution in [1.29, 1.82) is 0 Å². The van der Waals surface area contributed by atoms with Crippen molar-refractivity contribution in [1.82, 2.24) is 0 Å². The number of hydrogen-bond acceptors (Lipinski definition) is 3. The zero-order valence-electron chi connectivity index (χ0n) is 16.0. The van der Waals surface area contributed by atoms with Gasteiger partial charge in [0.1, 0.15) is 18.4 Å². The fourth-order valence-corrected chi connectivity index (χ4v) is 3.75. The molecule has 2 N–H and O–H groups in total. The highest BCUT2D eigenvalue weighted by atomic mass is 32.2. The first-order chi connectivity index (χ1) is 11.2. The van der Waals surface area contributed by atoms with Crippen LogP contribution >= 0.6 is 0 Å². The van der Waals surface area contributed by atoms with E-state index >= 15 is 0 Å². The Balaban J connectivity index is 3.58. The van der Waals surface area contributed by atoms with E-state index in [0.29, 0.717) is 11.0 Å². The molecule has 0 aromatic carbocycles. The number of nitrogens with zero attached hydrogens (tertiary/aromatic N) is 1. The lowest BCUT2D eigenvalue weighted by atomic mass is 10.1. The third kappa shape index (κ3) is 16.7. The van der Waals surface area contributed by atoms with Gasteiger partial charge in [0.15, 0.2) is 0 Å². The second-order valence-corrected chi connectivity index (χ2v) is 9.28. The summed E-state index contributed by atoms with van der Waals surface area (Å²) < 4.78 is 30.9. The highest BCUT2D eigenvalue weighted by molar-refractivity contribution is 7.85. The Morgan fingerprint density at radius 1 is 0.833 bits per heavy atom. The van der Waals surface area contributed by atoms with Crippen LogP contribution in [0.3, 0.4) is 0 Å². The molecule has 0 saturated carbocycles. The fourth-order valence-electron chi connectivity index (χ4n) is 3.16. The largest absolute Gasteiger partial charge is 0.386 e. The molecule has 0 fully saturated rings. The number of hydrogen-bond donors (Lipinski definition) is 2. The minimum atomic E-state index is -4.10. The van der Waals surface area contributed by atoms with Gasteiger partial charge in [-0.2, -0.15) is 8.42 Å². The Labute approximate surface area is 149 Å². The lowest BCUT2D eigenvalue weighted by Gasteiger charge is -2.31. The van der Waals surface area contributed by atoms with Gasteiger partial charge in [-0.15, -0.1) is 0 Å². The predicted molar refractivity (Wildman–Crippen MR) is 101 cm³/mol. The first-order valence-corrected chi connectivity index (χ1v) is 11.2. The molecular formula is C18H40NO4S+. The molecular weight excluding hydrogens is 326 g/mol. The van der Waals surface area contributed by atoms with Crippen LogP contribution < -0.4 is 0 Å². The average molecular weight is 367 g/mol. The van der Waals surface area contributed by atoms with Crippen molar-refractivity contribution in [2.24, 2.45) is 0 Å². The first-order valence-electron chi connectivity index (χ1n) is 9.61. The molecule has 0 aliphatic carbocycles. The Morgan fingerprint density at radius 3 is 1.67 bits per heavy atom. The molecule has 5 nitrogen and oxygen atoms in total. The second-order valence-electron chi connectivity index (χ2n) is 7.78. The molecule has 0 spiro atoms. The molecule has 0 radical (unpaired) electrons. The molecule has 0 heterocycles. The average Bonchev–Trinajstić information content (AvgIpc) is 2.41. The van der Waals surface area contributed by atoms with E-state index in [1.165, 1.54) is 64.2 Å². The summed E-state index contributed by atoms with van der Waals surface area (Å²) in [5.41, 5.74) is 0. The molecule has 0 aliphatic heterocycles. The number of quaternary nitrogens is 1. The van der Waals surface area contributed by atoms with Crippen LogP contribution in [0.2, 0.25) is 0 Å². The molecule has 24 heavy (non-hydrogen) atoms. The van der Waals surface area contributed by atoms with Crippen LogP contribution in [-0.4, -0.2) is 61.6 Å². The third-order valence-corrected chi connectivity index (χ3v) is 5.28. The summed E-state index contributed by atoms with van der Waals surface area (Å²) in [5.74, 6) is -0.576. The molecule has 0 aromatic rings. The highest BCUT2D eigenvalue weighted by Gasteiger charge is 2.23. The van der Waals surface area contributed by atoms with Crippen molar-refractivity contribution in [3.8, 4) is 0 Å². The van der Waals surface area contributed by atoms with Gasteiger partial charge in [0, 0.05) is 0 Å². The lowest BCUT2D eigenvalue weighted by molar-refractivity contribution is -0.893. The van der Waals surface area contributed by atoms with Crippen molar-refractivity contribution < 1.29 is 22.6 Å². The van der Waals surface area contributed by atoms with Crippen molar-refractivity contribution in [3.05, 3.63) is 0 Å². The van der Waals surface area contributed by atoms with Crippen molar-refractivity contribution >= 4 is 10.1 Å². The molecule has 0 aliphatic rings. The molecule has 146 valence electrons. The first kappa shape index (κ1) is 23.8. The lowest BCUT2D eigenvalue weighted by Crippen LogP contribution is -2.47. The Kier molecular flexibility index (Phi) is 13.0. The number of aliphatic hydroxyl groups is 1. The maximum atomic E-state index is 10.8. The van der Waals surface area contributed by atoms with Gasteiger partial charge in [0.05, 0.1) is 20.6 Å². The van der Waals surface area contributed by atoms with E-state index in [9.17, 15) is 13.5 Å². The summed E-state index contributed by atoms with van der Waals surface area (Å²) in [6, 6.07) is 0. The van der Waals surface area contributed by atoms with Crippen LogP contribution in [0.15, 0.2) is 0 Å². The van der Waals surface area contributed by atoms with Gasteiger partial charge in [-0.05, 0) is 12.8 Å². The van der Waals surface area contributed by atoms with Crippen LogP contribution in [-0.2, 0) is 10.1 Å². The summed E-state index contributed by atoms with van der Waals surface area (Å²) >= 11 is 0. The van der Waals surface area contributed by atoms with Gasteiger partial charge in [-0.3, -0.25) is 4.55 Å². The van der Waals surface area contributed by atoms with Crippen LogP contribution in [0.4, 0.5) is 0 Å². The highest BCUT2D eigenvalue weighted by Crippen LogP contribution is 2.12. The molecule has 0 amide bonds. The Morgan fingerprint density at radius 2 is 1.25 bits per heavy atom. The number of rotatable bonds is 16. The summed E-state index contributed by atoms with van der Waals surface area (Å²) in [6.45, 7) is 3.51. The van der Waals surface area contributed by atoms with Gasteiger partial charge >= 0.3 is 0 Å². The summed E-state index contributed by atoms with van der Waals surface area (Å²) in [6.07, 6.45) is 13.3. The van der Waals surface area contributed by atoms with Crippen LogP contribution in [0.5, 0.6) is 0 Å². The Hall–Kier alpha value is -0.170. The summed E-state index contributed by atoms with van der Waals surface area (Å²) in [5, 5.41) is 9.74. The van der Waals surface area contributed by atoms with Crippen molar-refractivity contribution in [2.75, 3.05) is 32.9 Å². The third-order valence-electron chi connectivity index (χ3n) is 4.47. The van der Waals surface area contributed by atoms with E-state index in [1.807, 2.05) is 14.1 Å². The van der Waals surface area contributed by atoms with Gasteiger partial charge in [0.2, 0.25) is 0 Å². The monoisotopic (exact) mass is 366 g/mol. The molecule has 1 atom stereocenters. The maximum Gasteiger partial charge on any atom is 0.267 e. The fraction of sp³-hybridized carbons (Fsp3) is 1.00. The smallest absolute Gasteiger partial charge is 0.267 e. The topological polar surface area (TPSA) is 74.6 Å².